The summed E-state index contributed by atoms with van der Waals surface area (Å²) in [6.45, 7) is 6.84. The molecule has 0 radical (unpaired) electrons. The van der Waals surface area contributed by atoms with Crippen LogP contribution in [0.4, 0.5) is 0 Å². The standard InChI is InChI=1S/C16H30BrNO/c1-2-18(12-15-8-7-11-19-15)14-16(13-17)9-5-3-4-6-10-16/h15H,2-14H2,1H3. The van der Waals surface area contributed by atoms with Crippen molar-refractivity contribution in [3.8, 4) is 0 Å². The van der Waals surface area contributed by atoms with E-state index in [-0.39, 0.29) is 0 Å². The van der Waals surface area contributed by atoms with Gasteiger partial charge in [0, 0.05) is 25.0 Å². The van der Waals surface area contributed by atoms with Crippen molar-refractivity contribution in [1.29, 1.82) is 0 Å². The largest absolute Gasteiger partial charge is 0.377 e. The molecule has 1 atom stereocenters. The average Bonchev–Trinajstić information content (AvgIpc) is 2.83. The van der Waals surface area contributed by atoms with E-state index in [0.717, 1.165) is 19.7 Å². The number of halogens is 1. The molecule has 1 heterocycles. The van der Waals surface area contributed by atoms with Gasteiger partial charge in [-0.1, -0.05) is 48.5 Å². The Hall–Kier alpha value is 0.400. The highest BCUT2D eigenvalue weighted by Gasteiger charge is 2.32. The molecule has 2 nitrogen and oxygen atoms in total. The maximum absolute atomic E-state index is 5.81. The van der Waals surface area contributed by atoms with Crippen LogP contribution in [0.3, 0.4) is 0 Å². The normalized spacial score (nSPS) is 27.6. The van der Waals surface area contributed by atoms with Crippen molar-refractivity contribution in [2.24, 2.45) is 5.41 Å². The number of rotatable bonds is 6. The van der Waals surface area contributed by atoms with Crippen LogP contribution >= 0.6 is 15.9 Å². The summed E-state index contributed by atoms with van der Waals surface area (Å²) >= 11 is 3.82. The van der Waals surface area contributed by atoms with Crippen molar-refractivity contribution < 1.29 is 4.74 Å². The van der Waals surface area contributed by atoms with Crippen molar-refractivity contribution >= 4 is 15.9 Å². The molecule has 1 saturated carbocycles. The van der Waals surface area contributed by atoms with Gasteiger partial charge in [-0.25, -0.2) is 0 Å². The molecule has 0 aromatic heterocycles. The van der Waals surface area contributed by atoms with Crippen LogP contribution in [-0.4, -0.2) is 42.6 Å². The predicted octanol–water partition coefficient (Wildman–Crippen LogP) is 4.22. The fraction of sp³-hybridized carbons (Fsp3) is 1.00. The molecule has 3 heteroatoms. The minimum absolute atomic E-state index is 0.498. The topological polar surface area (TPSA) is 12.5 Å². The van der Waals surface area contributed by atoms with Crippen LogP contribution in [0.15, 0.2) is 0 Å². The summed E-state index contributed by atoms with van der Waals surface area (Å²) in [4.78, 5) is 2.64. The molecule has 1 saturated heterocycles. The molecule has 1 aliphatic heterocycles. The second-order valence-corrected chi connectivity index (χ2v) is 7.07. The van der Waals surface area contributed by atoms with Gasteiger partial charge in [-0.2, -0.15) is 0 Å². The third kappa shape index (κ3) is 4.71. The highest BCUT2D eigenvalue weighted by Crippen LogP contribution is 2.37. The third-order valence-electron chi connectivity index (χ3n) is 4.94. The Labute approximate surface area is 127 Å². The Bertz CT molecular complexity index is 245. The summed E-state index contributed by atoms with van der Waals surface area (Å²) < 4.78 is 5.81. The first-order valence-corrected chi connectivity index (χ1v) is 9.30. The average molecular weight is 332 g/mol. The smallest absolute Gasteiger partial charge is 0.0702 e. The van der Waals surface area contributed by atoms with Crippen LogP contribution in [0.1, 0.15) is 58.3 Å². The van der Waals surface area contributed by atoms with Gasteiger partial charge >= 0.3 is 0 Å². The summed E-state index contributed by atoms with van der Waals surface area (Å²) in [5.41, 5.74) is 0.519. The van der Waals surface area contributed by atoms with E-state index < -0.39 is 0 Å². The number of alkyl halides is 1. The monoisotopic (exact) mass is 331 g/mol. The van der Waals surface area contributed by atoms with Gasteiger partial charge < -0.3 is 9.64 Å². The fourth-order valence-corrected chi connectivity index (χ4v) is 4.41. The van der Waals surface area contributed by atoms with Crippen molar-refractivity contribution in [2.45, 2.75) is 64.4 Å². The molecule has 2 rings (SSSR count). The van der Waals surface area contributed by atoms with E-state index in [0.29, 0.717) is 11.5 Å². The van der Waals surface area contributed by atoms with Crippen LogP contribution in [0, 0.1) is 5.41 Å². The van der Waals surface area contributed by atoms with E-state index in [1.54, 1.807) is 0 Å². The Balaban J connectivity index is 1.89. The van der Waals surface area contributed by atoms with Gasteiger partial charge in [0.15, 0.2) is 0 Å². The third-order valence-corrected chi connectivity index (χ3v) is 6.13. The molecule has 0 aromatic rings. The molecule has 0 N–H and O–H groups in total. The zero-order chi connectivity index (χ0) is 13.6. The molecule has 2 aliphatic rings. The maximum Gasteiger partial charge on any atom is 0.0702 e. The number of nitrogens with zero attached hydrogens (tertiary/aromatic N) is 1. The second kappa shape index (κ2) is 7.99. The molecule has 0 bridgehead atoms. The van der Waals surface area contributed by atoms with Gasteiger partial charge in [0.1, 0.15) is 0 Å². The van der Waals surface area contributed by atoms with Crippen LogP contribution < -0.4 is 0 Å². The molecule has 0 spiro atoms. The van der Waals surface area contributed by atoms with Gasteiger partial charge in [0.25, 0.3) is 0 Å². The lowest BCUT2D eigenvalue weighted by molar-refractivity contribution is 0.0567. The van der Waals surface area contributed by atoms with Gasteiger partial charge in [-0.3, -0.25) is 0 Å². The summed E-state index contributed by atoms with van der Waals surface area (Å²) in [6.07, 6.45) is 11.5. The molecular weight excluding hydrogens is 302 g/mol. The van der Waals surface area contributed by atoms with Gasteiger partial charge in [-0.15, -0.1) is 0 Å². The lowest BCUT2D eigenvalue weighted by atomic mass is 9.82. The van der Waals surface area contributed by atoms with Crippen LogP contribution in [0.5, 0.6) is 0 Å². The first kappa shape index (κ1) is 15.8. The van der Waals surface area contributed by atoms with Crippen molar-refractivity contribution in [3.05, 3.63) is 0 Å². The summed E-state index contributed by atoms with van der Waals surface area (Å²) in [5.74, 6) is 0. The SMILES string of the molecule is CCN(CC1CCCO1)CC1(CBr)CCCCCC1. The molecule has 19 heavy (non-hydrogen) atoms. The Morgan fingerprint density at radius 3 is 2.42 bits per heavy atom. The highest BCUT2D eigenvalue weighted by atomic mass is 79.9. The van der Waals surface area contributed by atoms with Crippen LogP contribution in [0.25, 0.3) is 0 Å². The molecule has 112 valence electrons. The van der Waals surface area contributed by atoms with Gasteiger partial charge in [0.05, 0.1) is 6.10 Å². The summed E-state index contributed by atoms with van der Waals surface area (Å²) in [5, 5.41) is 1.17. The molecule has 2 fully saturated rings. The lowest BCUT2D eigenvalue weighted by Gasteiger charge is -2.37. The number of hydrogen-bond acceptors (Lipinski definition) is 2. The van der Waals surface area contributed by atoms with Crippen molar-refractivity contribution in [2.75, 3.05) is 31.6 Å². The number of hydrogen-bond donors (Lipinski definition) is 0. The van der Waals surface area contributed by atoms with Gasteiger partial charge in [-0.05, 0) is 37.6 Å². The van der Waals surface area contributed by atoms with Gasteiger partial charge in [0.2, 0.25) is 0 Å². The molecule has 1 unspecified atom stereocenters. The minimum atomic E-state index is 0.498. The zero-order valence-electron chi connectivity index (χ0n) is 12.5. The van der Waals surface area contributed by atoms with E-state index in [1.165, 1.54) is 63.2 Å². The maximum atomic E-state index is 5.81. The van der Waals surface area contributed by atoms with Crippen molar-refractivity contribution in [3.63, 3.8) is 0 Å². The Morgan fingerprint density at radius 1 is 1.16 bits per heavy atom. The number of ether oxygens (including phenoxy) is 1. The molecule has 0 amide bonds. The number of likely N-dealkylation sites (N-methyl/N-ethyl adjacent to an activating group) is 1. The minimum Gasteiger partial charge on any atom is -0.377 e. The quantitative estimate of drug-likeness (QED) is 0.533. The molecular formula is C16H30BrNO. The van der Waals surface area contributed by atoms with Crippen LogP contribution in [-0.2, 0) is 4.74 Å². The highest BCUT2D eigenvalue weighted by molar-refractivity contribution is 9.09. The molecule has 1 aliphatic carbocycles. The Kier molecular flexibility index (Phi) is 6.64. The zero-order valence-corrected chi connectivity index (χ0v) is 14.1. The van der Waals surface area contributed by atoms with E-state index in [9.17, 15) is 0 Å². The second-order valence-electron chi connectivity index (χ2n) is 6.51. The summed E-state index contributed by atoms with van der Waals surface area (Å²) in [7, 11) is 0. The Morgan fingerprint density at radius 2 is 1.89 bits per heavy atom. The predicted molar refractivity (Wildman–Crippen MR) is 85.0 cm³/mol. The lowest BCUT2D eigenvalue weighted by Crippen LogP contribution is -2.42. The first-order valence-electron chi connectivity index (χ1n) is 8.18. The van der Waals surface area contributed by atoms with E-state index in [4.69, 9.17) is 4.74 Å². The fourth-order valence-electron chi connectivity index (χ4n) is 3.67. The summed E-state index contributed by atoms with van der Waals surface area (Å²) in [6, 6.07) is 0. The first-order chi connectivity index (χ1) is 9.28. The van der Waals surface area contributed by atoms with Crippen molar-refractivity contribution in [1.82, 2.24) is 4.90 Å². The van der Waals surface area contributed by atoms with E-state index in [1.807, 2.05) is 0 Å². The van der Waals surface area contributed by atoms with E-state index in [2.05, 4.69) is 27.8 Å². The van der Waals surface area contributed by atoms with E-state index >= 15 is 0 Å². The van der Waals surface area contributed by atoms with Crippen LogP contribution in [0.2, 0.25) is 0 Å². The molecule has 0 aromatic carbocycles.